The van der Waals surface area contributed by atoms with Crippen molar-refractivity contribution in [1.82, 2.24) is 5.32 Å². The molecule has 4 heteroatoms. The zero-order valence-electron chi connectivity index (χ0n) is 12.7. The van der Waals surface area contributed by atoms with Crippen LogP contribution in [0.5, 0.6) is 0 Å². The Morgan fingerprint density at radius 1 is 1.50 bits per heavy atom. The summed E-state index contributed by atoms with van der Waals surface area (Å²) < 4.78 is 14.3. The fourth-order valence-corrected chi connectivity index (χ4v) is 3.74. The number of anilines is 1. The molecular weight excluding hydrogens is 271 g/mol. The molecule has 2 rings (SSSR count). The average Bonchev–Trinajstić information content (AvgIpc) is 2.44. The topological polar surface area (TPSA) is 15.3 Å². The molecule has 0 aromatic heterocycles. The van der Waals surface area contributed by atoms with Crippen LogP contribution in [0.2, 0.25) is 0 Å². The van der Waals surface area contributed by atoms with Gasteiger partial charge < -0.3 is 10.2 Å². The lowest BCUT2D eigenvalue weighted by Crippen LogP contribution is -2.38. The summed E-state index contributed by atoms with van der Waals surface area (Å²) in [5.41, 5.74) is 1.88. The van der Waals surface area contributed by atoms with Crippen molar-refractivity contribution in [1.29, 1.82) is 0 Å². The lowest BCUT2D eigenvalue weighted by atomic mass is 10.0. The molecule has 1 N–H and O–H groups in total. The summed E-state index contributed by atoms with van der Waals surface area (Å²) in [5.74, 6) is 1.03. The minimum atomic E-state index is -0.0931. The quantitative estimate of drug-likeness (QED) is 0.889. The predicted octanol–water partition coefficient (Wildman–Crippen LogP) is 3.83. The highest BCUT2D eigenvalue weighted by molar-refractivity contribution is 8.00. The number of hydrogen-bond acceptors (Lipinski definition) is 3. The van der Waals surface area contributed by atoms with Crippen LogP contribution in [0.15, 0.2) is 18.2 Å². The molecule has 0 amide bonds. The lowest BCUT2D eigenvalue weighted by Gasteiger charge is -2.35. The molecule has 0 bridgehead atoms. The third-order valence-corrected chi connectivity index (χ3v) is 4.88. The highest BCUT2D eigenvalue weighted by atomic mass is 32.2. The molecule has 1 heterocycles. The smallest absolute Gasteiger partial charge is 0.130 e. The molecule has 1 aliphatic rings. The Balaban J connectivity index is 2.25. The number of benzene rings is 1. The Kier molecular flexibility index (Phi) is 5.73. The highest BCUT2D eigenvalue weighted by Crippen LogP contribution is 2.32. The van der Waals surface area contributed by atoms with Gasteiger partial charge in [0, 0.05) is 41.4 Å². The normalized spacial score (nSPS) is 21.0. The molecular formula is C16H25FN2S. The molecule has 0 radical (unpaired) electrons. The SMILES string of the molecule is CCCNC(C)c1c(F)cccc1N1CCSC(C)C1. The summed E-state index contributed by atoms with van der Waals surface area (Å²) in [5, 5.41) is 4.02. The van der Waals surface area contributed by atoms with E-state index in [1.54, 1.807) is 6.07 Å². The van der Waals surface area contributed by atoms with Gasteiger partial charge in [0.25, 0.3) is 0 Å². The van der Waals surface area contributed by atoms with E-state index in [1.165, 1.54) is 0 Å². The van der Waals surface area contributed by atoms with Crippen molar-refractivity contribution in [3.05, 3.63) is 29.6 Å². The molecule has 0 aliphatic carbocycles. The van der Waals surface area contributed by atoms with Crippen LogP contribution in [-0.2, 0) is 0 Å². The highest BCUT2D eigenvalue weighted by Gasteiger charge is 2.23. The minimum absolute atomic E-state index is 0.0519. The molecule has 1 aromatic carbocycles. The zero-order valence-corrected chi connectivity index (χ0v) is 13.5. The predicted molar refractivity (Wildman–Crippen MR) is 87.2 cm³/mol. The molecule has 112 valence electrons. The van der Waals surface area contributed by atoms with Crippen LogP contribution in [0.1, 0.15) is 38.8 Å². The van der Waals surface area contributed by atoms with E-state index in [0.29, 0.717) is 5.25 Å². The van der Waals surface area contributed by atoms with E-state index >= 15 is 0 Å². The number of thioether (sulfide) groups is 1. The van der Waals surface area contributed by atoms with Crippen molar-refractivity contribution < 1.29 is 4.39 Å². The second-order valence-corrected chi connectivity index (χ2v) is 7.02. The van der Waals surface area contributed by atoms with Gasteiger partial charge in [0.05, 0.1) is 0 Å². The van der Waals surface area contributed by atoms with Gasteiger partial charge in [0.15, 0.2) is 0 Å². The molecule has 1 fully saturated rings. The molecule has 2 unspecified atom stereocenters. The van der Waals surface area contributed by atoms with E-state index < -0.39 is 0 Å². The Morgan fingerprint density at radius 2 is 2.30 bits per heavy atom. The van der Waals surface area contributed by atoms with Crippen molar-refractivity contribution in [3.8, 4) is 0 Å². The Hall–Kier alpha value is -0.740. The van der Waals surface area contributed by atoms with Gasteiger partial charge in [-0.25, -0.2) is 4.39 Å². The summed E-state index contributed by atoms with van der Waals surface area (Å²) in [6.45, 7) is 9.36. The molecule has 20 heavy (non-hydrogen) atoms. The first-order valence-corrected chi connectivity index (χ1v) is 8.56. The van der Waals surface area contributed by atoms with Gasteiger partial charge >= 0.3 is 0 Å². The number of halogens is 1. The third-order valence-electron chi connectivity index (χ3n) is 3.75. The first-order valence-electron chi connectivity index (χ1n) is 7.51. The summed E-state index contributed by atoms with van der Waals surface area (Å²) in [6.07, 6.45) is 1.06. The van der Waals surface area contributed by atoms with Crippen LogP contribution < -0.4 is 10.2 Å². The fraction of sp³-hybridized carbons (Fsp3) is 0.625. The van der Waals surface area contributed by atoms with Crippen molar-refractivity contribution in [2.24, 2.45) is 0 Å². The maximum Gasteiger partial charge on any atom is 0.130 e. The van der Waals surface area contributed by atoms with Crippen LogP contribution in [0, 0.1) is 5.82 Å². The van der Waals surface area contributed by atoms with Gasteiger partial charge in [0.1, 0.15) is 5.82 Å². The van der Waals surface area contributed by atoms with Crippen molar-refractivity contribution in [2.75, 3.05) is 30.3 Å². The van der Waals surface area contributed by atoms with Crippen LogP contribution in [0.3, 0.4) is 0 Å². The summed E-state index contributed by atoms with van der Waals surface area (Å²) in [7, 11) is 0. The summed E-state index contributed by atoms with van der Waals surface area (Å²) in [4.78, 5) is 2.34. The standard InChI is InChI=1S/C16H25FN2S/c1-4-8-18-13(3)16-14(17)6-5-7-15(16)19-9-10-20-12(2)11-19/h5-7,12-13,18H,4,8-11H2,1-3H3. The maximum absolute atomic E-state index is 14.3. The van der Waals surface area contributed by atoms with Gasteiger partial charge in [-0.05, 0) is 32.0 Å². The number of nitrogens with zero attached hydrogens (tertiary/aromatic N) is 1. The fourth-order valence-electron chi connectivity index (χ4n) is 2.73. The Bertz CT molecular complexity index is 438. The second-order valence-electron chi connectivity index (χ2n) is 5.48. The van der Waals surface area contributed by atoms with E-state index in [2.05, 4.69) is 37.1 Å². The second kappa shape index (κ2) is 7.32. The first-order chi connectivity index (χ1) is 9.63. The molecule has 1 aromatic rings. The largest absolute Gasteiger partial charge is 0.369 e. The lowest BCUT2D eigenvalue weighted by molar-refractivity contribution is 0.526. The summed E-state index contributed by atoms with van der Waals surface area (Å²) >= 11 is 2.00. The van der Waals surface area contributed by atoms with Crippen molar-refractivity contribution in [3.63, 3.8) is 0 Å². The Labute approximate surface area is 126 Å². The molecule has 0 saturated carbocycles. The number of nitrogens with one attached hydrogen (secondary N) is 1. The van der Waals surface area contributed by atoms with Crippen LogP contribution in [0.4, 0.5) is 10.1 Å². The molecule has 1 saturated heterocycles. The van der Waals surface area contributed by atoms with Crippen LogP contribution >= 0.6 is 11.8 Å². The maximum atomic E-state index is 14.3. The van der Waals surface area contributed by atoms with E-state index in [1.807, 2.05) is 17.8 Å². The van der Waals surface area contributed by atoms with Crippen LogP contribution in [0.25, 0.3) is 0 Å². The average molecular weight is 296 g/mol. The van der Waals surface area contributed by atoms with Gasteiger partial charge in [-0.1, -0.05) is 19.9 Å². The first kappa shape index (κ1) is 15.6. The molecule has 0 spiro atoms. The molecule has 1 aliphatic heterocycles. The van der Waals surface area contributed by atoms with Gasteiger partial charge in [-0.3, -0.25) is 0 Å². The van der Waals surface area contributed by atoms with Gasteiger partial charge in [-0.15, -0.1) is 0 Å². The number of rotatable bonds is 5. The molecule has 2 nitrogen and oxygen atoms in total. The van der Waals surface area contributed by atoms with Crippen molar-refractivity contribution in [2.45, 2.75) is 38.5 Å². The van der Waals surface area contributed by atoms with Gasteiger partial charge in [0.2, 0.25) is 0 Å². The molecule has 2 atom stereocenters. The number of hydrogen-bond donors (Lipinski definition) is 1. The van der Waals surface area contributed by atoms with E-state index in [9.17, 15) is 4.39 Å². The van der Waals surface area contributed by atoms with E-state index in [0.717, 1.165) is 43.1 Å². The van der Waals surface area contributed by atoms with E-state index in [4.69, 9.17) is 0 Å². The zero-order chi connectivity index (χ0) is 14.5. The third kappa shape index (κ3) is 3.67. The minimum Gasteiger partial charge on any atom is -0.369 e. The van der Waals surface area contributed by atoms with Gasteiger partial charge in [-0.2, -0.15) is 11.8 Å². The van der Waals surface area contributed by atoms with Crippen LogP contribution in [-0.4, -0.2) is 30.6 Å². The monoisotopic (exact) mass is 296 g/mol. The van der Waals surface area contributed by atoms with Crippen molar-refractivity contribution >= 4 is 17.4 Å². The van der Waals surface area contributed by atoms with E-state index in [-0.39, 0.29) is 11.9 Å². The summed E-state index contributed by atoms with van der Waals surface area (Å²) in [6, 6.07) is 5.51. The Morgan fingerprint density at radius 3 is 3.00 bits per heavy atom.